The molecule has 0 saturated carbocycles. The molecule has 2 aromatic rings. The lowest BCUT2D eigenvalue weighted by Crippen LogP contribution is -2.37. The monoisotopic (exact) mass is 279 g/mol. The van der Waals surface area contributed by atoms with Gasteiger partial charge in [-0.05, 0) is 33.2 Å². The molecule has 0 aliphatic carbocycles. The van der Waals surface area contributed by atoms with Crippen molar-refractivity contribution < 1.29 is 0 Å². The highest BCUT2D eigenvalue weighted by Crippen LogP contribution is 2.29. The van der Waals surface area contributed by atoms with Gasteiger partial charge in [0.05, 0.1) is 18.1 Å². The van der Waals surface area contributed by atoms with Crippen LogP contribution >= 0.6 is 11.6 Å². The first-order valence-electron chi connectivity index (χ1n) is 6.56. The molecular formula is C13H18ClN5. The summed E-state index contributed by atoms with van der Waals surface area (Å²) in [5.74, 6) is 0.774. The third-order valence-corrected chi connectivity index (χ3v) is 4.28. The van der Waals surface area contributed by atoms with Crippen LogP contribution < -0.4 is 0 Å². The van der Waals surface area contributed by atoms with E-state index in [1.165, 1.54) is 12.8 Å². The van der Waals surface area contributed by atoms with Crippen molar-refractivity contribution in [1.29, 1.82) is 0 Å². The Morgan fingerprint density at radius 2 is 2.16 bits per heavy atom. The Kier molecular flexibility index (Phi) is 2.98. The van der Waals surface area contributed by atoms with E-state index in [0.29, 0.717) is 5.15 Å². The zero-order valence-corrected chi connectivity index (χ0v) is 12.3. The minimum atomic E-state index is 0.219. The largest absolute Gasteiger partial charge is 0.291 e. The number of hydrogen-bond donors (Lipinski definition) is 0. The highest BCUT2D eigenvalue weighted by Gasteiger charge is 2.32. The van der Waals surface area contributed by atoms with Crippen LogP contribution in [0, 0.1) is 0 Å². The fraction of sp³-hybridized carbons (Fsp3) is 0.615. The van der Waals surface area contributed by atoms with Crippen LogP contribution in [0.25, 0.3) is 11.0 Å². The van der Waals surface area contributed by atoms with Crippen LogP contribution in [0.3, 0.4) is 0 Å². The van der Waals surface area contributed by atoms with Crippen LogP contribution in [0.2, 0.25) is 5.15 Å². The van der Waals surface area contributed by atoms with Gasteiger partial charge in [-0.2, -0.15) is 5.10 Å². The Hall–Kier alpha value is -1.20. The molecule has 102 valence electrons. The first kappa shape index (κ1) is 12.8. The van der Waals surface area contributed by atoms with Gasteiger partial charge in [-0.1, -0.05) is 11.6 Å². The van der Waals surface area contributed by atoms with E-state index >= 15 is 0 Å². The molecule has 3 rings (SSSR count). The normalized spacial score (nSPS) is 19.4. The van der Waals surface area contributed by atoms with Gasteiger partial charge in [-0.3, -0.25) is 9.58 Å². The Balaban J connectivity index is 1.95. The van der Waals surface area contributed by atoms with E-state index in [-0.39, 0.29) is 5.54 Å². The zero-order chi connectivity index (χ0) is 13.6. The number of rotatable bonds is 2. The number of likely N-dealkylation sites (tertiary alicyclic amines) is 1. The molecule has 0 radical (unpaired) electrons. The summed E-state index contributed by atoms with van der Waals surface area (Å²) in [6.45, 7) is 6.37. The van der Waals surface area contributed by atoms with Gasteiger partial charge in [0.25, 0.3) is 0 Å². The Morgan fingerprint density at radius 1 is 1.37 bits per heavy atom. The molecule has 0 bridgehead atoms. The third-order valence-electron chi connectivity index (χ3n) is 4.00. The van der Waals surface area contributed by atoms with Gasteiger partial charge in [-0.25, -0.2) is 9.97 Å². The molecule has 6 heteroatoms. The van der Waals surface area contributed by atoms with Crippen LogP contribution in [0.15, 0.2) is 6.20 Å². The molecular weight excluding hydrogens is 262 g/mol. The quantitative estimate of drug-likeness (QED) is 0.792. The number of hydrogen-bond acceptors (Lipinski definition) is 4. The van der Waals surface area contributed by atoms with Gasteiger partial charge in [0.1, 0.15) is 11.0 Å². The van der Waals surface area contributed by atoms with Crippen LogP contribution in [0.5, 0.6) is 0 Å². The van der Waals surface area contributed by atoms with Gasteiger partial charge in [-0.15, -0.1) is 0 Å². The maximum atomic E-state index is 6.21. The predicted molar refractivity (Wildman–Crippen MR) is 75.0 cm³/mol. The summed E-state index contributed by atoms with van der Waals surface area (Å²) in [5, 5.41) is 5.48. The summed E-state index contributed by atoms with van der Waals surface area (Å²) >= 11 is 6.21. The summed E-state index contributed by atoms with van der Waals surface area (Å²) in [5.41, 5.74) is 1.02. The first-order valence-corrected chi connectivity index (χ1v) is 6.94. The van der Waals surface area contributed by atoms with E-state index in [1.807, 2.05) is 7.05 Å². The van der Waals surface area contributed by atoms with E-state index in [2.05, 4.69) is 33.8 Å². The fourth-order valence-electron chi connectivity index (χ4n) is 2.73. The van der Waals surface area contributed by atoms with Crippen molar-refractivity contribution in [1.82, 2.24) is 24.6 Å². The number of aromatic nitrogens is 4. The van der Waals surface area contributed by atoms with E-state index in [0.717, 1.165) is 29.9 Å². The fourth-order valence-corrected chi connectivity index (χ4v) is 2.96. The Bertz CT molecular complexity index is 619. The van der Waals surface area contributed by atoms with Gasteiger partial charge in [0, 0.05) is 12.6 Å². The number of aryl methyl sites for hydroxylation is 1. The van der Waals surface area contributed by atoms with Crippen LogP contribution in [-0.2, 0) is 13.6 Å². The van der Waals surface area contributed by atoms with Crippen molar-refractivity contribution in [3.63, 3.8) is 0 Å². The molecule has 19 heavy (non-hydrogen) atoms. The molecule has 0 aromatic carbocycles. The molecule has 5 nitrogen and oxygen atoms in total. The summed E-state index contributed by atoms with van der Waals surface area (Å²) in [7, 11) is 1.87. The van der Waals surface area contributed by atoms with Gasteiger partial charge in [0.15, 0.2) is 5.65 Å². The van der Waals surface area contributed by atoms with Crippen molar-refractivity contribution in [2.75, 3.05) is 6.54 Å². The standard InChI is InChI=1S/C13H18ClN5/c1-13(2)5-4-6-19(13)8-10-16-11(14)9-7-15-18(3)12(9)17-10/h7H,4-6,8H2,1-3H3. The summed E-state index contributed by atoms with van der Waals surface area (Å²) in [6.07, 6.45) is 4.16. The number of halogens is 1. The lowest BCUT2D eigenvalue weighted by Gasteiger charge is -2.30. The van der Waals surface area contributed by atoms with Crippen molar-refractivity contribution in [3.05, 3.63) is 17.2 Å². The topological polar surface area (TPSA) is 46.8 Å². The average molecular weight is 280 g/mol. The minimum Gasteiger partial charge on any atom is -0.291 e. The summed E-state index contributed by atoms with van der Waals surface area (Å²) in [6, 6.07) is 0. The Labute approximate surface area is 117 Å². The zero-order valence-electron chi connectivity index (χ0n) is 11.5. The molecule has 0 spiro atoms. The number of nitrogens with zero attached hydrogens (tertiary/aromatic N) is 5. The molecule has 1 saturated heterocycles. The second kappa shape index (κ2) is 4.42. The van der Waals surface area contributed by atoms with Crippen molar-refractivity contribution in [2.45, 2.75) is 38.8 Å². The predicted octanol–water partition coefficient (Wildman–Crippen LogP) is 2.39. The average Bonchev–Trinajstić information content (AvgIpc) is 2.85. The summed E-state index contributed by atoms with van der Waals surface area (Å²) < 4.78 is 1.74. The highest BCUT2D eigenvalue weighted by atomic mass is 35.5. The van der Waals surface area contributed by atoms with Gasteiger partial charge < -0.3 is 0 Å². The number of fused-ring (bicyclic) bond motifs is 1. The smallest absolute Gasteiger partial charge is 0.162 e. The summed E-state index contributed by atoms with van der Waals surface area (Å²) in [4.78, 5) is 11.4. The molecule has 2 aromatic heterocycles. The van der Waals surface area contributed by atoms with Crippen molar-refractivity contribution >= 4 is 22.6 Å². The minimum absolute atomic E-state index is 0.219. The molecule has 1 aliphatic heterocycles. The van der Waals surface area contributed by atoms with E-state index in [1.54, 1.807) is 10.9 Å². The molecule has 0 N–H and O–H groups in total. The lowest BCUT2D eigenvalue weighted by molar-refractivity contribution is 0.162. The van der Waals surface area contributed by atoms with Crippen LogP contribution in [0.1, 0.15) is 32.5 Å². The van der Waals surface area contributed by atoms with Crippen molar-refractivity contribution in [2.24, 2.45) is 7.05 Å². The van der Waals surface area contributed by atoms with Gasteiger partial charge in [0.2, 0.25) is 0 Å². The van der Waals surface area contributed by atoms with Crippen LogP contribution in [0.4, 0.5) is 0 Å². The van der Waals surface area contributed by atoms with E-state index < -0.39 is 0 Å². The Morgan fingerprint density at radius 3 is 2.84 bits per heavy atom. The van der Waals surface area contributed by atoms with E-state index in [4.69, 9.17) is 11.6 Å². The van der Waals surface area contributed by atoms with Crippen LogP contribution in [-0.4, -0.2) is 36.7 Å². The first-order chi connectivity index (χ1) is 8.97. The molecule has 1 fully saturated rings. The lowest BCUT2D eigenvalue weighted by atomic mass is 10.0. The SMILES string of the molecule is Cn1ncc2c(Cl)nc(CN3CCCC3(C)C)nc21. The van der Waals surface area contributed by atoms with Gasteiger partial charge >= 0.3 is 0 Å². The second-order valence-electron chi connectivity index (χ2n) is 5.77. The highest BCUT2D eigenvalue weighted by molar-refractivity contribution is 6.33. The maximum absolute atomic E-state index is 6.21. The maximum Gasteiger partial charge on any atom is 0.162 e. The second-order valence-corrected chi connectivity index (χ2v) is 6.13. The molecule has 1 aliphatic rings. The molecule has 0 atom stereocenters. The molecule has 0 amide bonds. The van der Waals surface area contributed by atoms with Crippen molar-refractivity contribution in [3.8, 4) is 0 Å². The third kappa shape index (κ3) is 2.21. The molecule has 0 unspecified atom stereocenters. The van der Waals surface area contributed by atoms with E-state index in [9.17, 15) is 0 Å². The molecule has 3 heterocycles.